The van der Waals surface area contributed by atoms with Gasteiger partial charge < -0.3 is 14.6 Å². The van der Waals surface area contributed by atoms with Crippen LogP contribution in [0.5, 0.6) is 0 Å². The smallest absolute Gasteiger partial charge is 0.220 e. The van der Waals surface area contributed by atoms with Crippen LogP contribution >= 0.6 is 0 Å². The van der Waals surface area contributed by atoms with Crippen LogP contribution in [0.2, 0.25) is 0 Å². The van der Waals surface area contributed by atoms with Crippen LogP contribution in [0.15, 0.2) is 28.8 Å². The molecular formula is C18H22N2O3. The second-order valence-corrected chi connectivity index (χ2v) is 6.01. The number of nitrogens with zero attached hydrogens (tertiary/aromatic N) is 1. The molecule has 1 aromatic heterocycles. The molecule has 1 aliphatic heterocycles. The van der Waals surface area contributed by atoms with E-state index >= 15 is 0 Å². The van der Waals surface area contributed by atoms with Crippen LogP contribution in [0.25, 0.3) is 0 Å². The van der Waals surface area contributed by atoms with Gasteiger partial charge in [-0.1, -0.05) is 29.4 Å². The zero-order valence-electron chi connectivity index (χ0n) is 13.6. The zero-order chi connectivity index (χ0) is 16.2. The summed E-state index contributed by atoms with van der Waals surface area (Å²) in [5.74, 6) is 0.829. The molecule has 122 valence electrons. The molecular weight excluding hydrogens is 292 g/mol. The van der Waals surface area contributed by atoms with Gasteiger partial charge in [-0.15, -0.1) is 0 Å². The summed E-state index contributed by atoms with van der Waals surface area (Å²) in [6.07, 6.45) is 1.99. The minimum Gasteiger partial charge on any atom is -0.371 e. The standard InChI is InChI=1S/C18H22N2O3/c1-12-17(13(2)23-20-12)7-8-18(21)19-10-16-9-14-5-3-4-6-15(14)11-22-16/h3-6,16H,7-11H2,1-2H3,(H,19,21)/t16-/m1/s1. The predicted molar refractivity (Wildman–Crippen MR) is 86.0 cm³/mol. The van der Waals surface area contributed by atoms with Crippen LogP contribution in [-0.4, -0.2) is 23.7 Å². The number of hydrogen-bond acceptors (Lipinski definition) is 4. The number of carbonyl (C=O) groups excluding carboxylic acids is 1. The maximum absolute atomic E-state index is 12.0. The second kappa shape index (κ2) is 6.96. The van der Waals surface area contributed by atoms with Gasteiger partial charge in [0, 0.05) is 24.9 Å². The fourth-order valence-electron chi connectivity index (χ4n) is 2.95. The molecule has 0 unspecified atom stereocenters. The van der Waals surface area contributed by atoms with E-state index in [4.69, 9.17) is 9.26 Å². The lowest BCUT2D eigenvalue weighted by molar-refractivity contribution is -0.121. The Hall–Kier alpha value is -2.14. The summed E-state index contributed by atoms with van der Waals surface area (Å²) in [5, 5.41) is 6.88. The van der Waals surface area contributed by atoms with Crippen LogP contribution in [0.3, 0.4) is 0 Å². The predicted octanol–water partition coefficient (Wildman–Crippen LogP) is 2.48. The van der Waals surface area contributed by atoms with Gasteiger partial charge in [-0.25, -0.2) is 0 Å². The number of aryl methyl sites for hydroxylation is 2. The van der Waals surface area contributed by atoms with Crippen LogP contribution in [0.4, 0.5) is 0 Å². The van der Waals surface area contributed by atoms with Crippen molar-refractivity contribution in [3.63, 3.8) is 0 Å². The quantitative estimate of drug-likeness (QED) is 0.921. The van der Waals surface area contributed by atoms with E-state index in [1.165, 1.54) is 11.1 Å². The lowest BCUT2D eigenvalue weighted by atomic mass is 9.99. The van der Waals surface area contributed by atoms with Crippen LogP contribution < -0.4 is 5.32 Å². The van der Waals surface area contributed by atoms with Crippen molar-refractivity contribution in [1.29, 1.82) is 0 Å². The number of aromatic nitrogens is 1. The Morgan fingerprint density at radius 2 is 2.09 bits per heavy atom. The maximum atomic E-state index is 12.0. The highest BCUT2D eigenvalue weighted by atomic mass is 16.5. The molecule has 0 fully saturated rings. The third kappa shape index (κ3) is 3.79. The molecule has 1 aromatic carbocycles. The highest BCUT2D eigenvalue weighted by Crippen LogP contribution is 2.20. The molecule has 0 radical (unpaired) electrons. The van der Waals surface area contributed by atoms with Gasteiger partial charge >= 0.3 is 0 Å². The average Bonchev–Trinajstić information content (AvgIpc) is 2.89. The fraction of sp³-hybridized carbons (Fsp3) is 0.444. The molecule has 5 nitrogen and oxygen atoms in total. The van der Waals surface area contributed by atoms with Crippen LogP contribution in [-0.2, 0) is 29.0 Å². The largest absolute Gasteiger partial charge is 0.371 e. The number of hydrogen-bond donors (Lipinski definition) is 1. The number of benzene rings is 1. The van der Waals surface area contributed by atoms with Crippen LogP contribution in [0, 0.1) is 13.8 Å². The molecule has 3 rings (SSSR count). The molecule has 0 aliphatic carbocycles. The molecule has 0 spiro atoms. The summed E-state index contributed by atoms with van der Waals surface area (Å²) in [6, 6.07) is 8.29. The second-order valence-electron chi connectivity index (χ2n) is 6.01. The third-order valence-corrected chi connectivity index (χ3v) is 4.35. The first kappa shape index (κ1) is 15.7. The van der Waals surface area contributed by atoms with Gasteiger partial charge in [-0.3, -0.25) is 4.79 Å². The average molecular weight is 314 g/mol. The van der Waals surface area contributed by atoms with Crippen molar-refractivity contribution in [3.05, 3.63) is 52.4 Å². The molecule has 0 bridgehead atoms. The highest BCUT2D eigenvalue weighted by Gasteiger charge is 2.19. The Balaban J connectivity index is 1.45. The van der Waals surface area contributed by atoms with E-state index in [9.17, 15) is 4.79 Å². The van der Waals surface area contributed by atoms with E-state index in [1.807, 2.05) is 26.0 Å². The molecule has 1 amide bonds. The van der Waals surface area contributed by atoms with Gasteiger partial charge in [0.1, 0.15) is 5.76 Å². The van der Waals surface area contributed by atoms with Gasteiger partial charge in [0.15, 0.2) is 0 Å². The molecule has 0 saturated heterocycles. The van der Waals surface area contributed by atoms with Gasteiger partial charge in [-0.2, -0.15) is 0 Å². The van der Waals surface area contributed by atoms with Crippen molar-refractivity contribution < 1.29 is 14.1 Å². The van der Waals surface area contributed by atoms with Crippen molar-refractivity contribution in [3.8, 4) is 0 Å². The zero-order valence-corrected chi connectivity index (χ0v) is 13.6. The molecule has 1 atom stereocenters. The van der Waals surface area contributed by atoms with Crippen molar-refractivity contribution in [2.75, 3.05) is 6.54 Å². The van der Waals surface area contributed by atoms with Gasteiger partial charge in [0.2, 0.25) is 5.91 Å². The molecule has 1 aliphatic rings. The number of amides is 1. The third-order valence-electron chi connectivity index (χ3n) is 4.35. The number of rotatable bonds is 5. The molecule has 5 heteroatoms. The number of carbonyl (C=O) groups is 1. The van der Waals surface area contributed by atoms with Crippen molar-refractivity contribution >= 4 is 5.91 Å². The summed E-state index contributed by atoms with van der Waals surface area (Å²) >= 11 is 0. The van der Waals surface area contributed by atoms with E-state index in [1.54, 1.807) is 0 Å². The van der Waals surface area contributed by atoms with E-state index in [-0.39, 0.29) is 12.0 Å². The van der Waals surface area contributed by atoms with Gasteiger partial charge in [0.25, 0.3) is 0 Å². The number of nitrogens with one attached hydrogen (secondary N) is 1. The molecule has 2 aromatic rings. The summed E-state index contributed by atoms with van der Waals surface area (Å²) in [4.78, 5) is 12.0. The van der Waals surface area contributed by atoms with E-state index < -0.39 is 0 Å². The summed E-state index contributed by atoms with van der Waals surface area (Å²) < 4.78 is 10.9. The lowest BCUT2D eigenvalue weighted by Crippen LogP contribution is -2.36. The molecule has 2 heterocycles. The Labute approximate surface area is 136 Å². The fourth-order valence-corrected chi connectivity index (χ4v) is 2.95. The van der Waals surface area contributed by atoms with Gasteiger partial charge in [0.05, 0.1) is 18.4 Å². The monoisotopic (exact) mass is 314 g/mol. The van der Waals surface area contributed by atoms with Crippen molar-refractivity contribution in [1.82, 2.24) is 10.5 Å². The molecule has 23 heavy (non-hydrogen) atoms. The first-order valence-corrected chi connectivity index (χ1v) is 8.00. The Kier molecular flexibility index (Phi) is 4.76. The van der Waals surface area contributed by atoms with Crippen LogP contribution in [0.1, 0.15) is 34.6 Å². The van der Waals surface area contributed by atoms with Crippen molar-refractivity contribution in [2.24, 2.45) is 0 Å². The first-order valence-electron chi connectivity index (χ1n) is 8.00. The van der Waals surface area contributed by atoms with E-state index in [2.05, 4.69) is 22.6 Å². The Bertz CT molecular complexity index is 674. The van der Waals surface area contributed by atoms with E-state index in [0.717, 1.165) is 23.4 Å². The van der Waals surface area contributed by atoms with E-state index in [0.29, 0.717) is 26.0 Å². The topological polar surface area (TPSA) is 64.4 Å². The maximum Gasteiger partial charge on any atom is 0.220 e. The van der Waals surface area contributed by atoms with Crippen molar-refractivity contribution in [2.45, 2.75) is 45.8 Å². The highest BCUT2D eigenvalue weighted by molar-refractivity contribution is 5.76. The summed E-state index contributed by atoms with van der Waals surface area (Å²) in [5.41, 5.74) is 4.45. The lowest BCUT2D eigenvalue weighted by Gasteiger charge is -2.25. The number of fused-ring (bicyclic) bond motifs is 1. The normalized spacial score (nSPS) is 16.9. The van der Waals surface area contributed by atoms with Gasteiger partial charge in [-0.05, 0) is 31.4 Å². The summed E-state index contributed by atoms with van der Waals surface area (Å²) in [7, 11) is 0. The summed E-state index contributed by atoms with van der Waals surface area (Å²) in [6.45, 7) is 4.95. The molecule has 1 N–H and O–H groups in total. The minimum absolute atomic E-state index is 0.0347. The first-order chi connectivity index (χ1) is 11.1. The number of ether oxygens (including phenoxy) is 1. The Morgan fingerprint density at radius 1 is 1.30 bits per heavy atom. The molecule has 0 saturated carbocycles. The minimum atomic E-state index is 0.0347. The SMILES string of the molecule is Cc1noc(C)c1CCC(=O)NC[C@H]1Cc2ccccc2CO1. The Morgan fingerprint density at radius 3 is 2.83 bits per heavy atom.